The standard InChI is InChI=1S/C25H20Cl2N4O7S/c26-17-3-1-2-15(12-17)10-11-29(24(33)16-4-9-20(27)21(13-16)31(35)36)22-14-23(32)30(25(22)34)18-5-7-19(8-6-18)39(28,37)38/h1-9,12-13,22H,10-11,14H2,(H2,28,37,38). The van der Waals surface area contributed by atoms with Crippen molar-refractivity contribution in [2.45, 2.75) is 23.8 Å². The number of nitro groups is 1. The minimum Gasteiger partial charge on any atom is -0.326 e. The normalized spacial score (nSPS) is 15.5. The Balaban J connectivity index is 1.68. The third-order valence-electron chi connectivity index (χ3n) is 6.10. The lowest BCUT2D eigenvalue weighted by molar-refractivity contribution is -0.384. The van der Waals surface area contributed by atoms with Crippen molar-refractivity contribution in [1.29, 1.82) is 0 Å². The van der Waals surface area contributed by atoms with Crippen LogP contribution in [0.4, 0.5) is 11.4 Å². The number of primary sulfonamides is 1. The zero-order valence-electron chi connectivity index (χ0n) is 20.0. The summed E-state index contributed by atoms with van der Waals surface area (Å²) in [4.78, 5) is 52.6. The van der Waals surface area contributed by atoms with Crippen molar-refractivity contribution in [3.05, 3.63) is 98.0 Å². The Morgan fingerprint density at radius 2 is 1.77 bits per heavy atom. The van der Waals surface area contributed by atoms with E-state index < -0.39 is 44.4 Å². The zero-order valence-corrected chi connectivity index (χ0v) is 22.3. The number of nitrogens with two attached hydrogens (primary N) is 1. The average molecular weight is 591 g/mol. The lowest BCUT2D eigenvalue weighted by Crippen LogP contribution is -2.46. The highest BCUT2D eigenvalue weighted by atomic mass is 35.5. The topological polar surface area (TPSA) is 161 Å². The largest absolute Gasteiger partial charge is 0.326 e. The molecule has 4 rings (SSSR count). The molecule has 0 aromatic heterocycles. The Bertz CT molecular complexity index is 1600. The number of benzene rings is 3. The van der Waals surface area contributed by atoms with Crippen molar-refractivity contribution in [3.8, 4) is 0 Å². The molecule has 3 amide bonds. The molecule has 14 heteroatoms. The van der Waals surface area contributed by atoms with Crippen LogP contribution >= 0.6 is 23.2 Å². The van der Waals surface area contributed by atoms with E-state index in [1.165, 1.54) is 29.2 Å². The Hall–Kier alpha value is -3.84. The number of imide groups is 1. The number of hydrogen-bond acceptors (Lipinski definition) is 7. The molecule has 1 aliphatic heterocycles. The van der Waals surface area contributed by atoms with Gasteiger partial charge in [-0.3, -0.25) is 24.5 Å². The number of carbonyl (C=O) groups excluding carboxylic acids is 3. The first-order valence-electron chi connectivity index (χ1n) is 11.4. The molecule has 1 unspecified atom stereocenters. The minimum absolute atomic E-state index is 0.0164. The summed E-state index contributed by atoms with van der Waals surface area (Å²) < 4.78 is 23.1. The first kappa shape index (κ1) is 28.2. The molecule has 1 fully saturated rings. The lowest BCUT2D eigenvalue weighted by Gasteiger charge is -2.28. The van der Waals surface area contributed by atoms with Gasteiger partial charge in [-0.25, -0.2) is 18.5 Å². The van der Waals surface area contributed by atoms with Crippen LogP contribution in [0.15, 0.2) is 71.6 Å². The highest BCUT2D eigenvalue weighted by Crippen LogP contribution is 2.30. The van der Waals surface area contributed by atoms with Crippen molar-refractivity contribution in [2.24, 2.45) is 5.14 Å². The molecule has 0 radical (unpaired) electrons. The Kier molecular flexibility index (Phi) is 8.02. The fourth-order valence-corrected chi connectivity index (χ4v) is 5.12. The molecule has 202 valence electrons. The molecular formula is C25H20Cl2N4O7S. The Morgan fingerprint density at radius 3 is 2.38 bits per heavy atom. The van der Waals surface area contributed by atoms with Crippen LogP contribution in [0.1, 0.15) is 22.3 Å². The third kappa shape index (κ3) is 6.09. The fourth-order valence-electron chi connectivity index (χ4n) is 4.21. The summed E-state index contributed by atoms with van der Waals surface area (Å²) in [7, 11) is -3.99. The first-order chi connectivity index (χ1) is 18.4. The fraction of sp³-hybridized carbons (Fsp3) is 0.160. The maximum absolute atomic E-state index is 13.6. The number of anilines is 1. The van der Waals surface area contributed by atoms with Crippen molar-refractivity contribution < 1.29 is 27.7 Å². The molecular weight excluding hydrogens is 571 g/mol. The summed E-state index contributed by atoms with van der Waals surface area (Å²) in [6, 6.07) is 14.0. The number of hydrogen-bond donors (Lipinski definition) is 1. The van der Waals surface area contributed by atoms with Crippen molar-refractivity contribution in [1.82, 2.24) is 4.90 Å². The van der Waals surface area contributed by atoms with Gasteiger partial charge in [0, 0.05) is 23.2 Å². The molecule has 3 aromatic rings. The van der Waals surface area contributed by atoms with Gasteiger partial charge in [0.05, 0.1) is 21.9 Å². The quantitative estimate of drug-likeness (QED) is 0.238. The summed E-state index contributed by atoms with van der Waals surface area (Å²) >= 11 is 12.0. The summed E-state index contributed by atoms with van der Waals surface area (Å²) in [6.07, 6.45) is -0.0875. The molecule has 0 bridgehead atoms. The second-order valence-electron chi connectivity index (χ2n) is 8.63. The number of nitro benzene ring substituents is 1. The van der Waals surface area contributed by atoms with Crippen molar-refractivity contribution >= 4 is 62.3 Å². The van der Waals surface area contributed by atoms with Gasteiger partial charge in [-0.15, -0.1) is 0 Å². The third-order valence-corrected chi connectivity index (χ3v) is 7.59. The number of sulfonamides is 1. The second-order valence-corrected chi connectivity index (χ2v) is 11.0. The van der Waals surface area contributed by atoms with E-state index in [9.17, 15) is 32.9 Å². The van der Waals surface area contributed by atoms with Crippen LogP contribution in [0.3, 0.4) is 0 Å². The maximum Gasteiger partial charge on any atom is 0.288 e. The monoisotopic (exact) mass is 590 g/mol. The van der Waals surface area contributed by atoms with Crippen LogP contribution in [-0.2, 0) is 26.0 Å². The van der Waals surface area contributed by atoms with Crippen LogP contribution in [0.5, 0.6) is 0 Å². The van der Waals surface area contributed by atoms with Crippen molar-refractivity contribution in [3.63, 3.8) is 0 Å². The summed E-state index contributed by atoms with van der Waals surface area (Å²) in [6.45, 7) is -0.0164. The van der Waals surface area contributed by atoms with E-state index in [2.05, 4.69) is 0 Å². The van der Waals surface area contributed by atoms with E-state index >= 15 is 0 Å². The van der Waals surface area contributed by atoms with Gasteiger partial charge in [-0.2, -0.15) is 0 Å². The SMILES string of the molecule is NS(=O)(=O)c1ccc(N2C(=O)CC(N(CCc3cccc(Cl)c3)C(=O)c3ccc(Cl)c([N+](=O)[O-])c3)C2=O)cc1. The van der Waals surface area contributed by atoms with Crippen LogP contribution in [-0.4, -0.2) is 48.5 Å². The second kappa shape index (κ2) is 11.1. The van der Waals surface area contributed by atoms with E-state index in [0.717, 1.165) is 28.7 Å². The van der Waals surface area contributed by atoms with Gasteiger partial charge in [-0.1, -0.05) is 35.3 Å². The number of rotatable bonds is 8. The van der Waals surface area contributed by atoms with E-state index in [0.29, 0.717) is 5.02 Å². The van der Waals surface area contributed by atoms with Gasteiger partial charge in [-0.05, 0) is 60.5 Å². The van der Waals surface area contributed by atoms with E-state index in [-0.39, 0.29) is 40.6 Å². The van der Waals surface area contributed by atoms with Gasteiger partial charge in [0.15, 0.2) is 0 Å². The molecule has 1 aliphatic rings. The molecule has 11 nitrogen and oxygen atoms in total. The summed E-state index contributed by atoms with van der Waals surface area (Å²) in [5, 5.41) is 16.8. The smallest absolute Gasteiger partial charge is 0.288 e. The molecule has 0 saturated carbocycles. The molecule has 1 saturated heterocycles. The predicted octanol–water partition coefficient (Wildman–Crippen LogP) is 3.57. The summed E-state index contributed by atoms with van der Waals surface area (Å²) in [5.41, 5.74) is 0.287. The van der Waals surface area contributed by atoms with E-state index in [1.807, 2.05) is 0 Å². The number of nitrogens with zero attached hydrogens (tertiary/aromatic N) is 3. The highest BCUT2D eigenvalue weighted by Gasteiger charge is 2.44. The van der Waals surface area contributed by atoms with E-state index in [1.54, 1.807) is 24.3 Å². The van der Waals surface area contributed by atoms with Gasteiger partial charge < -0.3 is 4.90 Å². The highest BCUT2D eigenvalue weighted by molar-refractivity contribution is 7.89. The molecule has 1 atom stereocenters. The van der Waals surface area contributed by atoms with Crippen LogP contribution in [0.25, 0.3) is 0 Å². The molecule has 0 spiro atoms. The zero-order chi connectivity index (χ0) is 28.5. The van der Waals surface area contributed by atoms with Crippen LogP contribution in [0, 0.1) is 10.1 Å². The molecule has 2 N–H and O–H groups in total. The number of amides is 3. The van der Waals surface area contributed by atoms with Gasteiger partial charge in [0.25, 0.3) is 17.5 Å². The molecule has 0 aliphatic carbocycles. The first-order valence-corrected chi connectivity index (χ1v) is 13.7. The van der Waals surface area contributed by atoms with E-state index in [4.69, 9.17) is 28.3 Å². The van der Waals surface area contributed by atoms with Crippen molar-refractivity contribution in [2.75, 3.05) is 11.4 Å². The predicted molar refractivity (Wildman–Crippen MR) is 143 cm³/mol. The van der Waals surface area contributed by atoms with Gasteiger partial charge >= 0.3 is 0 Å². The van der Waals surface area contributed by atoms with Crippen LogP contribution in [0.2, 0.25) is 10.0 Å². The number of carbonyl (C=O) groups is 3. The average Bonchev–Trinajstić information content (AvgIpc) is 3.17. The van der Waals surface area contributed by atoms with Gasteiger partial charge in [0.2, 0.25) is 15.9 Å². The lowest BCUT2D eigenvalue weighted by atomic mass is 10.1. The van der Waals surface area contributed by atoms with Crippen LogP contribution < -0.4 is 10.0 Å². The maximum atomic E-state index is 13.6. The summed E-state index contributed by atoms with van der Waals surface area (Å²) in [5.74, 6) is -2.04. The molecule has 39 heavy (non-hydrogen) atoms. The Morgan fingerprint density at radius 1 is 1.08 bits per heavy atom. The molecule has 1 heterocycles. The minimum atomic E-state index is -3.99. The Labute approximate surface area is 232 Å². The van der Waals surface area contributed by atoms with Gasteiger partial charge in [0.1, 0.15) is 11.1 Å². The molecule has 3 aromatic carbocycles. The number of halogens is 2.